The average Bonchev–Trinajstić information content (AvgIpc) is 2.78. The van der Waals surface area contributed by atoms with Crippen molar-refractivity contribution in [2.75, 3.05) is 11.1 Å². The highest BCUT2D eigenvalue weighted by molar-refractivity contribution is 7.09. The molecule has 0 atom stereocenters. The van der Waals surface area contributed by atoms with Crippen LogP contribution < -0.4 is 11.1 Å². The highest BCUT2D eigenvalue weighted by Gasteiger charge is 2.20. The number of nitro groups is 1. The van der Waals surface area contributed by atoms with Crippen molar-refractivity contribution in [1.29, 1.82) is 0 Å². The van der Waals surface area contributed by atoms with Gasteiger partial charge in [0.1, 0.15) is 6.33 Å². The van der Waals surface area contributed by atoms with Crippen LogP contribution in [0.1, 0.15) is 4.88 Å². The molecule has 0 aliphatic carbocycles. The summed E-state index contributed by atoms with van der Waals surface area (Å²) in [7, 11) is 0. The van der Waals surface area contributed by atoms with E-state index in [4.69, 9.17) is 5.73 Å². The van der Waals surface area contributed by atoms with Crippen LogP contribution in [0.2, 0.25) is 0 Å². The molecule has 0 amide bonds. The minimum absolute atomic E-state index is 0.135. The van der Waals surface area contributed by atoms with E-state index in [-0.39, 0.29) is 17.3 Å². The fourth-order valence-electron chi connectivity index (χ4n) is 1.29. The third kappa shape index (κ3) is 2.48. The molecule has 0 aliphatic heterocycles. The lowest BCUT2D eigenvalue weighted by molar-refractivity contribution is -0.383. The fraction of sp³-hybridized carbons (Fsp3) is 0.111. The van der Waals surface area contributed by atoms with Gasteiger partial charge in [-0.15, -0.1) is 11.3 Å². The first-order valence-corrected chi connectivity index (χ1v) is 5.57. The Morgan fingerprint density at radius 2 is 2.35 bits per heavy atom. The van der Waals surface area contributed by atoms with Crippen LogP contribution in [0.5, 0.6) is 0 Å². The first-order chi connectivity index (χ1) is 8.18. The van der Waals surface area contributed by atoms with E-state index in [2.05, 4.69) is 15.3 Å². The number of nitrogen functional groups attached to an aromatic ring is 1. The molecule has 0 bridgehead atoms. The third-order valence-corrected chi connectivity index (χ3v) is 2.92. The summed E-state index contributed by atoms with van der Waals surface area (Å²) in [4.78, 5) is 18.7. The number of nitrogens with two attached hydrogens (primary N) is 1. The summed E-state index contributed by atoms with van der Waals surface area (Å²) in [6.07, 6.45) is 1.19. The summed E-state index contributed by atoms with van der Waals surface area (Å²) in [6.45, 7) is 0.467. The molecule has 0 aliphatic rings. The summed E-state index contributed by atoms with van der Waals surface area (Å²) >= 11 is 1.55. The standard InChI is InChI=1S/C9H9N5O2S/c10-8-7(14(15)16)9(13-5-12-8)11-4-6-2-1-3-17-6/h1-3,5H,4H2,(H3,10,11,12,13). The Morgan fingerprint density at radius 1 is 1.53 bits per heavy atom. The molecule has 7 nitrogen and oxygen atoms in total. The highest BCUT2D eigenvalue weighted by atomic mass is 32.1. The molecular formula is C9H9N5O2S. The highest BCUT2D eigenvalue weighted by Crippen LogP contribution is 2.26. The SMILES string of the molecule is Nc1ncnc(NCc2cccs2)c1[N+](=O)[O-]. The van der Waals surface area contributed by atoms with Crippen LogP contribution in [-0.4, -0.2) is 14.9 Å². The average molecular weight is 251 g/mol. The van der Waals surface area contributed by atoms with Crippen LogP contribution >= 0.6 is 11.3 Å². The van der Waals surface area contributed by atoms with Gasteiger partial charge in [-0.25, -0.2) is 9.97 Å². The number of aromatic nitrogens is 2. The zero-order valence-corrected chi connectivity index (χ0v) is 9.48. The van der Waals surface area contributed by atoms with E-state index in [0.717, 1.165) is 4.88 Å². The Morgan fingerprint density at radius 3 is 3.00 bits per heavy atom. The predicted molar refractivity (Wildman–Crippen MR) is 64.7 cm³/mol. The van der Waals surface area contributed by atoms with Gasteiger partial charge in [0, 0.05) is 4.88 Å². The summed E-state index contributed by atoms with van der Waals surface area (Å²) in [5, 5.41) is 15.6. The van der Waals surface area contributed by atoms with Gasteiger partial charge in [0.2, 0.25) is 11.6 Å². The molecule has 0 unspecified atom stereocenters. The molecule has 0 aromatic carbocycles. The second-order valence-corrected chi connectivity index (χ2v) is 4.18. The summed E-state index contributed by atoms with van der Waals surface area (Å²) in [5.74, 6) is -0.00502. The van der Waals surface area contributed by atoms with Crippen molar-refractivity contribution >= 4 is 28.7 Å². The zero-order chi connectivity index (χ0) is 12.3. The molecule has 17 heavy (non-hydrogen) atoms. The van der Waals surface area contributed by atoms with Gasteiger partial charge >= 0.3 is 5.69 Å². The topological polar surface area (TPSA) is 107 Å². The monoisotopic (exact) mass is 251 g/mol. The molecule has 3 N–H and O–H groups in total. The maximum Gasteiger partial charge on any atom is 0.352 e. The Hall–Kier alpha value is -2.22. The van der Waals surface area contributed by atoms with E-state index in [9.17, 15) is 10.1 Å². The molecule has 0 saturated heterocycles. The predicted octanol–water partition coefficient (Wildman–Crippen LogP) is 1.64. The van der Waals surface area contributed by atoms with E-state index in [1.54, 1.807) is 11.3 Å². The zero-order valence-electron chi connectivity index (χ0n) is 8.66. The van der Waals surface area contributed by atoms with Crippen molar-refractivity contribution in [3.8, 4) is 0 Å². The molecule has 0 fully saturated rings. The van der Waals surface area contributed by atoms with Crippen molar-refractivity contribution in [2.24, 2.45) is 0 Å². The van der Waals surface area contributed by atoms with E-state index < -0.39 is 4.92 Å². The second kappa shape index (κ2) is 4.74. The lowest BCUT2D eigenvalue weighted by Crippen LogP contribution is -2.07. The van der Waals surface area contributed by atoms with Gasteiger partial charge in [-0.3, -0.25) is 10.1 Å². The smallest absolute Gasteiger partial charge is 0.352 e. The van der Waals surface area contributed by atoms with Gasteiger partial charge in [-0.1, -0.05) is 6.07 Å². The van der Waals surface area contributed by atoms with E-state index in [0.29, 0.717) is 6.54 Å². The largest absolute Gasteiger partial charge is 0.378 e. The van der Waals surface area contributed by atoms with E-state index >= 15 is 0 Å². The Kier molecular flexibility index (Phi) is 3.15. The third-order valence-electron chi connectivity index (χ3n) is 2.04. The lowest BCUT2D eigenvalue weighted by Gasteiger charge is -2.05. The molecule has 2 heterocycles. The van der Waals surface area contributed by atoms with Crippen molar-refractivity contribution in [2.45, 2.75) is 6.54 Å². The number of anilines is 2. The van der Waals surface area contributed by atoms with E-state index in [1.165, 1.54) is 6.33 Å². The minimum atomic E-state index is -0.591. The molecule has 0 radical (unpaired) electrons. The van der Waals surface area contributed by atoms with Crippen molar-refractivity contribution in [3.63, 3.8) is 0 Å². The normalized spacial score (nSPS) is 10.1. The van der Waals surface area contributed by atoms with Crippen LogP contribution in [-0.2, 0) is 6.54 Å². The van der Waals surface area contributed by atoms with Gasteiger partial charge < -0.3 is 11.1 Å². The molecule has 88 valence electrons. The first-order valence-electron chi connectivity index (χ1n) is 4.69. The van der Waals surface area contributed by atoms with Crippen molar-refractivity contribution in [1.82, 2.24) is 9.97 Å². The molecular weight excluding hydrogens is 242 g/mol. The fourth-order valence-corrected chi connectivity index (χ4v) is 1.93. The molecule has 0 saturated carbocycles. The van der Waals surface area contributed by atoms with Crippen LogP contribution in [0, 0.1) is 10.1 Å². The summed E-state index contributed by atoms with van der Waals surface area (Å²) < 4.78 is 0. The van der Waals surface area contributed by atoms with Gasteiger partial charge in [-0.2, -0.15) is 0 Å². The first kappa shape index (κ1) is 11.3. The van der Waals surface area contributed by atoms with Crippen LogP contribution in [0.3, 0.4) is 0 Å². The van der Waals surface area contributed by atoms with Crippen LogP contribution in [0.4, 0.5) is 17.3 Å². The maximum absolute atomic E-state index is 10.8. The second-order valence-electron chi connectivity index (χ2n) is 3.15. The van der Waals surface area contributed by atoms with Crippen LogP contribution in [0.15, 0.2) is 23.8 Å². The maximum atomic E-state index is 10.8. The number of nitrogens with one attached hydrogen (secondary N) is 1. The van der Waals surface area contributed by atoms with Gasteiger partial charge in [0.25, 0.3) is 0 Å². The molecule has 2 aromatic rings. The van der Waals surface area contributed by atoms with Crippen molar-refractivity contribution < 1.29 is 4.92 Å². The van der Waals surface area contributed by atoms with Gasteiger partial charge in [0.05, 0.1) is 11.5 Å². The number of rotatable bonds is 4. The van der Waals surface area contributed by atoms with Crippen molar-refractivity contribution in [3.05, 3.63) is 38.8 Å². The lowest BCUT2D eigenvalue weighted by atomic mass is 10.4. The number of nitrogens with zero attached hydrogens (tertiary/aromatic N) is 3. The number of hydrogen-bond donors (Lipinski definition) is 2. The Labute approximate surface area is 100 Å². The quantitative estimate of drug-likeness (QED) is 0.631. The summed E-state index contributed by atoms with van der Waals surface area (Å²) in [6, 6.07) is 3.83. The molecule has 2 rings (SSSR count). The Bertz CT molecular complexity index is 528. The van der Waals surface area contributed by atoms with E-state index in [1.807, 2.05) is 17.5 Å². The number of hydrogen-bond acceptors (Lipinski definition) is 7. The molecule has 8 heteroatoms. The van der Waals surface area contributed by atoms with Crippen LogP contribution in [0.25, 0.3) is 0 Å². The minimum Gasteiger partial charge on any atom is -0.378 e. The number of thiophene rings is 1. The molecule has 2 aromatic heterocycles. The summed E-state index contributed by atoms with van der Waals surface area (Å²) in [5.41, 5.74) is 5.15. The van der Waals surface area contributed by atoms with Gasteiger partial charge in [0.15, 0.2) is 0 Å². The van der Waals surface area contributed by atoms with Gasteiger partial charge in [-0.05, 0) is 11.4 Å². The Balaban J connectivity index is 2.21. The molecule has 0 spiro atoms.